The summed E-state index contributed by atoms with van der Waals surface area (Å²) >= 11 is 0. The van der Waals surface area contributed by atoms with Gasteiger partial charge in [0.2, 0.25) is 0 Å². The Morgan fingerprint density at radius 2 is 0.603 bits per heavy atom. The van der Waals surface area contributed by atoms with E-state index in [-0.39, 0.29) is 0 Å². The second kappa shape index (κ2) is 14.4. The predicted octanol–water partition coefficient (Wildman–Crippen LogP) is 16.1. The first-order valence-corrected chi connectivity index (χ1v) is 20.2. The van der Waals surface area contributed by atoms with Crippen LogP contribution in [0.3, 0.4) is 0 Å². The summed E-state index contributed by atoms with van der Waals surface area (Å²) in [5, 5.41) is 7.63. The Morgan fingerprint density at radius 1 is 0.259 bits per heavy atom. The third-order valence-electron chi connectivity index (χ3n) is 11.9. The zero-order valence-electron chi connectivity index (χ0n) is 33.4. The molecular weight excluding hydrogens is 701 g/mol. The second-order valence-electron chi connectivity index (χ2n) is 15.6. The molecule has 0 aromatic heterocycles. The van der Waals surface area contributed by atoms with Crippen molar-refractivity contribution in [1.82, 2.24) is 0 Å². The quantitative estimate of drug-likeness (QED) is 0.143. The Balaban J connectivity index is 1.25. The zero-order valence-corrected chi connectivity index (χ0v) is 33.4. The number of hydrogen-bond donors (Lipinski definition) is 0. The van der Waals surface area contributed by atoms with Gasteiger partial charge in [-0.25, -0.2) is 0 Å². The van der Waals surface area contributed by atoms with Crippen molar-refractivity contribution >= 4 is 66.4 Å². The van der Waals surface area contributed by atoms with E-state index in [0.29, 0.717) is 0 Å². The van der Waals surface area contributed by atoms with Crippen molar-refractivity contribution in [2.24, 2.45) is 0 Å². The smallest absolute Gasteiger partial charge is 0.0543 e. The average molecular weight is 745 g/mol. The molecule has 2 nitrogen and oxygen atoms in total. The van der Waals surface area contributed by atoms with Crippen LogP contribution in [0.4, 0.5) is 34.1 Å². The Labute approximate surface area is 341 Å². The SMILES string of the molecule is Cc1ccc(-c2ccccc2)cc1N(c1ccccc1)c1cc(C)c2ccc3c(N(c4ccccc4)c4cc(-c5ccccc5)ccc4C)cc(C)c4ccc1c2c43. The number of aryl methyl sites for hydroxylation is 4. The summed E-state index contributed by atoms with van der Waals surface area (Å²) in [6, 6.07) is 71.0. The molecule has 0 spiro atoms. The van der Waals surface area contributed by atoms with Gasteiger partial charge < -0.3 is 9.80 Å². The van der Waals surface area contributed by atoms with Crippen LogP contribution in [0.5, 0.6) is 0 Å². The topological polar surface area (TPSA) is 6.48 Å². The normalized spacial score (nSPS) is 11.4. The van der Waals surface area contributed by atoms with Crippen molar-refractivity contribution in [2.75, 3.05) is 9.80 Å². The second-order valence-corrected chi connectivity index (χ2v) is 15.6. The van der Waals surface area contributed by atoms with Crippen LogP contribution in [0.25, 0.3) is 54.6 Å². The minimum Gasteiger partial charge on any atom is -0.310 e. The molecular formula is C56H44N2. The van der Waals surface area contributed by atoms with Crippen molar-refractivity contribution in [3.63, 3.8) is 0 Å². The highest BCUT2D eigenvalue weighted by atomic mass is 15.2. The van der Waals surface area contributed by atoms with Gasteiger partial charge in [-0.1, -0.05) is 146 Å². The van der Waals surface area contributed by atoms with Crippen molar-refractivity contribution < 1.29 is 0 Å². The van der Waals surface area contributed by atoms with E-state index < -0.39 is 0 Å². The highest BCUT2D eigenvalue weighted by Gasteiger charge is 2.25. The molecule has 0 bridgehead atoms. The van der Waals surface area contributed by atoms with Gasteiger partial charge in [-0.05, 0) is 142 Å². The molecule has 0 unspecified atom stereocenters. The minimum absolute atomic E-state index is 1.13. The minimum atomic E-state index is 1.13. The summed E-state index contributed by atoms with van der Waals surface area (Å²) in [5.74, 6) is 0. The van der Waals surface area contributed by atoms with Gasteiger partial charge in [-0.3, -0.25) is 0 Å². The maximum Gasteiger partial charge on any atom is 0.0543 e. The molecule has 0 saturated carbocycles. The average Bonchev–Trinajstić information content (AvgIpc) is 3.27. The summed E-state index contributed by atoms with van der Waals surface area (Å²) in [6.07, 6.45) is 0. The molecule has 0 N–H and O–H groups in total. The molecule has 10 aromatic rings. The maximum absolute atomic E-state index is 2.48. The van der Waals surface area contributed by atoms with E-state index in [0.717, 1.165) is 11.4 Å². The van der Waals surface area contributed by atoms with Gasteiger partial charge in [0, 0.05) is 33.5 Å². The van der Waals surface area contributed by atoms with Crippen molar-refractivity contribution in [1.29, 1.82) is 0 Å². The molecule has 278 valence electrons. The third kappa shape index (κ3) is 5.97. The molecule has 0 aliphatic carbocycles. The Hall–Kier alpha value is -7.16. The van der Waals surface area contributed by atoms with Gasteiger partial charge in [-0.15, -0.1) is 0 Å². The van der Waals surface area contributed by atoms with Crippen LogP contribution < -0.4 is 9.80 Å². The highest BCUT2D eigenvalue weighted by Crippen LogP contribution is 2.50. The van der Waals surface area contributed by atoms with Gasteiger partial charge in [-0.2, -0.15) is 0 Å². The zero-order chi connectivity index (χ0) is 39.3. The van der Waals surface area contributed by atoms with E-state index >= 15 is 0 Å². The van der Waals surface area contributed by atoms with Crippen LogP contribution in [0.1, 0.15) is 22.3 Å². The first-order chi connectivity index (χ1) is 28.4. The molecule has 0 aliphatic rings. The number of hydrogen-bond acceptors (Lipinski definition) is 2. The molecule has 0 aliphatic heterocycles. The molecule has 0 heterocycles. The fraction of sp³-hybridized carbons (Fsp3) is 0.0714. The van der Waals surface area contributed by atoms with Crippen LogP contribution >= 0.6 is 0 Å². The molecule has 10 aromatic carbocycles. The molecule has 0 amide bonds. The van der Waals surface area contributed by atoms with Gasteiger partial charge in [0.05, 0.1) is 11.4 Å². The number of anilines is 6. The molecule has 0 fully saturated rings. The Kier molecular flexibility index (Phi) is 8.76. The van der Waals surface area contributed by atoms with Gasteiger partial charge >= 0.3 is 0 Å². The number of rotatable bonds is 8. The monoisotopic (exact) mass is 744 g/mol. The lowest BCUT2D eigenvalue weighted by Crippen LogP contribution is -2.13. The van der Waals surface area contributed by atoms with Gasteiger partial charge in [0.15, 0.2) is 0 Å². The maximum atomic E-state index is 2.48. The van der Waals surface area contributed by atoms with Crippen LogP contribution in [0, 0.1) is 27.7 Å². The van der Waals surface area contributed by atoms with Gasteiger partial charge in [0.1, 0.15) is 0 Å². The summed E-state index contributed by atoms with van der Waals surface area (Å²) < 4.78 is 0. The fourth-order valence-corrected chi connectivity index (χ4v) is 8.96. The first-order valence-electron chi connectivity index (χ1n) is 20.2. The fourth-order valence-electron chi connectivity index (χ4n) is 8.96. The van der Waals surface area contributed by atoms with Crippen molar-refractivity contribution in [2.45, 2.75) is 27.7 Å². The molecule has 0 saturated heterocycles. The number of para-hydroxylation sites is 2. The lowest BCUT2D eigenvalue weighted by atomic mass is 9.88. The largest absolute Gasteiger partial charge is 0.310 e. The van der Waals surface area contributed by atoms with Crippen LogP contribution in [0.15, 0.2) is 194 Å². The van der Waals surface area contributed by atoms with E-state index in [1.807, 2.05) is 0 Å². The number of benzene rings is 10. The summed E-state index contributed by atoms with van der Waals surface area (Å²) in [6.45, 7) is 9.00. The van der Waals surface area contributed by atoms with Crippen LogP contribution in [-0.2, 0) is 0 Å². The summed E-state index contributed by atoms with van der Waals surface area (Å²) in [7, 11) is 0. The lowest BCUT2D eigenvalue weighted by Gasteiger charge is -2.31. The summed E-state index contributed by atoms with van der Waals surface area (Å²) in [4.78, 5) is 4.95. The third-order valence-corrected chi connectivity index (χ3v) is 11.9. The first kappa shape index (κ1) is 35.3. The van der Waals surface area contributed by atoms with E-state index in [9.17, 15) is 0 Å². The standard InChI is InChI=1S/C56H44N2/c1-37-25-27-43(41-17-9-5-10-18-41)35-51(37)57(45-21-13-7-14-22-45)53-33-39(3)47-30-32-50-54(34-40(4)48-29-31-49(53)55(47)56(48)50)58(46-23-15-8-16-24-46)52-36-44(28-26-38(52)2)42-19-11-6-12-20-42/h5-36H,1-4H3. The van der Waals surface area contributed by atoms with Crippen LogP contribution in [0.2, 0.25) is 0 Å². The molecule has 0 atom stereocenters. The molecule has 2 heteroatoms. The van der Waals surface area contributed by atoms with Gasteiger partial charge in [0.25, 0.3) is 0 Å². The van der Waals surface area contributed by atoms with E-state index in [1.165, 1.54) is 99.6 Å². The molecule has 58 heavy (non-hydrogen) atoms. The van der Waals surface area contributed by atoms with E-state index in [1.54, 1.807) is 0 Å². The molecule has 0 radical (unpaired) electrons. The highest BCUT2D eigenvalue weighted by molar-refractivity contribution is 6.29. The Bertz CT molecular complexity index is 2870. The summed E-state index contributed by atoms with van der Waals surface area (Å²) in [5.41, 5.74) is 16.7. The Morgan fingerprint density at radius 3 is 0.983 bits per heavy atom. The van der Waals surface area contributed by atoms with E-state index in [4.69, 9.17) is 0 Å². The van der Waals surface area contributed by atoms with Crippen LogP contribution in [-0.4, -0.2) is 0 Å². The number of nitrogens with zero attached hydrogens (tertiary/aromatic N) is 2. The van der Waals surface area contributed by atoms with E-state index in [2.05, 4.69) is 232 Å². The molecule has 10 rings (SSSR count). The predicted molar refractivity (Wildman–Crippen MR) is 249 cm³/mol. The van der Waals surface area contributed by atoms with Crippen molar-refractivity contribution in [3.8, 4) is 22.3 Å². The lowest BCUT2D eigenvalue weighted by molar-refractivity contribution is 1.25. The van der Waals surface area contributed by atoms with Crippen molar-refractivity contribution in [3.05, 3.63) is 216 Å².